The summed E-state index contributed by atoms with van der Waals surface area (Å²) in [4.78, 5) is 15.2. The Labute approximate surface area is 297 Å². The van der Waals surface area contributed by atoms with Crippen LogP contribution in [0.5, 0.6) is 0 Å². The highest BCUT2D eigenvalue weighted by Gasteiger charge is 2.62. The molecular weight excluding hydrogens is 626 g/mol. The number of nitrogens with zero attached hydrogens (tertiary/aromatic N) is 3. The first kappa shape index (κ1) is 29.3. The summed E-state index contributed by atoms with van der Waals surface area (Å²) in [7, 11) is 0. The van der Waals surface area contributed by atoms with E-state index in [1.165, 1.54) is 71.7 Å². The Balaban J connectivity index is 1.10. The van der Waals surface area contributed by atoms with E-state index in [1.807, 2.05) is 6.07 Å². The fourth-order valence-electron chi connectivity index (χ4n) is 10.9. The summed E-state index contributed by atoms with van der Waals surface area (Å²) in [6.45, 7) is 0. The van der Waals surface area contributed by atoms with Crippen LogP contribution >= 0.6 is 0 Å². The molecule has 1 heterocycles. The van der Waals surface area contributed by atoms with E-state index in [-0.39, 0.29) is 11.2 Å². The van der Waals surface area contributed by atoms with Gasteiger partial charge in [0.15, 0.2) is 17.5 Å². The van der Waals surface area contributed by atoms with Gasteiger partial charge < -0.3 is 0 Å². The van der Waals surface area contributed by atoms with Gasteiger partial charge in [-0.2, -0.15) is 0 Å². The first-order chi connectivity index (χ1) is 25.1. The lowest BCUT2D eigenvalue weighted by atomic mass is 9.43. The van der Waals surface area contributed by atoms with Crippen molar-refractivity contribution in [1.82, 2.24) is 15.0 Å². The molecule has 0 atom stereocenters. The van der Waals surface area contributed by atoms with Gasteiger partial charge >= 0.3 is 0 Å². The molecule has 4 heteroatoms. The van der Waals surface area contributed by atoms with E-state index in [0.29, 0.717) is 29.3 Å². The zero-order valence-electron chi connectivity index (χ0n) is 28.3. The normalized spacial score (nSPS) is 23.9. The standard InChI is InChI=1S/C47H36FN3/c48-38-18-14-34(15-19-38)45-49-44(33-12-10-31(11-13-33)30-6-2-1-3-7-30)50-46(51-45)35-17-20-40-41-21-16-32-8-4-5-9-39(32)43(41)47(42(40)27-35)36-23-28-22-29(25-36)26-37(47)24-28/h1-21,27-29,36-37H,22-26H2. The molecule has 0 N–H and O–H groups in total. The van der Waals surface area contributed by atoms with Crippen LogP contribution in [0.1, 0.15) is 43.2 Å². The Hall–Kier alpha value is -5.48. The molecule has 51 heavy (non-hydrogen) atoms. The summed E-state index contributed by atoms with van der Waals surface area (Å²) in [6, 6.07) is 46.0. The van der Waals surface area contributed by atoms with Gasteiger partial charge in [-0.3, -0.25) is 0 Å². The number of fused-ring (bicyclic) bond motifs is 5. The lowest BCUT2D eigenvalue weighted by Crippen LogP contribution is -2.55. The largest absolute Gasteiger partial charge is 0.208 e. The van der Waals surface area contributed by atoms with E-state index >= 15 is 0 Å². The van der Waals surface area contributed by atoms with Gasteiger partial charge in [-0.15, -0.1) is 0 Å². The van der Waals surface area contributed by atoms with Crippen molar-refractivity contribution in [3.8, 4) is 56.4 Å². The number of aromatic nitrogens is 3. The van der Waals surface area contributed by atoms with Crippen molar-refractivity contribution in [2.45, 2.75) is 37.5 Å². The molecule has 3 nitrogen and oxygen atoms in total. The minimum atomic E-state index is -0.281. The second-order valence-corrected chi connectivity index (χ2v) is 15.4. The lowest BCUT2D eigenvalue weighted by Gasteiger charge is -2.61. The van der Waals surface area contributed by atoms with Crippen molar-refractivity contribution in [2.75, 3.05) is 0 Å². The van der Waals surface area contributed by atoms with Crippen LogP contribution in [0.4, 0.5) is 4.39 Å². The fourth-order valence-corrected chi connectivity index (χ4v) is 10.9. The Morgan fingerprint density at radius 2 is 1.00 bits per heavy atom. The molecule has 0 aliphatic heterocycles. The molecule has 12 rings (SSSR count). The van der Waals surface area contributed by atoms with Crippen LogP contribution in [-0.4, -0.2) is 15.0 Å². The maximum absolute atomic E-state index is 14.1. The summed E-state index contributed by atoms with van der Waals surface area (Å²) < 4.78 is 14.1. The molecular formula is C47H36FN3. The highest BCUT2D eigenvalue weighted by molar-refractivity contribution is 5.98. The van der Waals surface area contributed by atoms with Gasteiger partial charge in [-0.25, -0.2) is 19.3 Å². The molecule has 0 unspecified atom stereocenters. The van der Waals surface area contributed by atoms with E-state index < -0.39 is 0 Å². The molecule has 4 bridgehead atoms. The van der Waals surface area contributed by atoms with Gasteiger partial charge in [0.05, 0.1) is 0 Å². The van der Waals surface area contributed by atoms with Crippen LogP contribution in [0.3, 0.4) is 0 Å². The summed E-state index contributed by atoms with van der Waals surface area (Å²) >= 11 is 0. The summed E-state index contributed by atoms with van der Waals surface area (Å²) in [6.07, 6.45) is 6.71. The van der Waals surface area contributed by atoms with Gasteiger partial charge in [0.1, 0.15) is 5.82 Å². The van der Waals surface area contributed by atoms with Crippen molar-refractivity contribution in [3.63, 3.8) is 0 Å². The van der Waals surface area contributed by atoms with E-state index in [9.17, 15) is 4.39 Å². The monoisotopic (exact) mass is 661 g/mol. The molecule has 5 aliphatic carbocycles. The van der Waals surface area contributed by atoms with Crippen molar-refractivity contribution in [3.05, 3.63) is 150 Å². The zero-order chi connectivity index (χ0) is 33.7. The number of benzene rings is 6. The third-order valence-corrected chi connectivity index (χ3v) is 12.8. The van der Waals surface area contributed by atoms with E-state index in [0.717, 1.165) is 39.7 Å². The predicted octanol–water partition coefficient (Wildman–Crippen LogP) is 11.6. The number of hydrogen-bond acceptors (Lipinski definition) is 3. The topological polar surface area (TPSA) is 38.7 Å². The number of rotatable bonds is 4. The molecule has 1 spiro atoms. The lowest BCUT2D eigenvalue weighted by molar-refractivity contribution is -0.0393. The predicted molar refractivity (Wildman–Crippen MR) is 202 cm³/mol. The number of hydrogen-bond donors (Lipinski definition) is 0. The molecule has 6 aromatic carbocycles. The quantitative estimate of drug-likeness (QED) is 0.188. The summed E-state index contributed by atoms with van der Waals surface area (Å²) in [5.41, 5.74) is 10.8. The van der Waals surface area contributed by atoms with E-state index in [2.05, 4.69) is 103 Å². The van der Waals surface area contributed by atoms with Crippen LogP contribution in [0, 0.1) is 29.5 Å². The average Bonchev–Trinajstić information content (AvgIpc) is 3.48. The van der Waals surface area contributed by atoms with Gasteiger partial charge in [-0.1, -0.05) is 103 Å². The Morgan fingerprint density at radius 1 is 0.471 bits per heavy atom. The highest BCUT2D eigenvalue weighted by atomic mass is 19.1. The van der Waals surface area contributed by atoms with E-state index in [4.69, 9.17) is 15.0 Å². The van der Waals surface area contributed by atoms with Crippen LogP contribution in [-0.2, 0) is 5.41 Å². The van der Waals surface area contributed by atoms with E-state index in [1.54, 1.807) is 17.7 Å². The second kappa shape index (κ2) is 11.0. The maximum Gasteiger partial charge on any atom is 0.164 e. The van der Waals surface area contributed by atoms with Crippen LogP contribution < -0.4 is 0 Å². The highest BCUT2D eigenvalue weighted by Crippen LogP contribution is 2.70. The van der Waals surface area contributed by atoms with Crippen molar-refractivity contribution >= 4 is 10.8 Å². The SMILES string of the molecule is Fc1ccc(-c2nc(-c3ccc(-c4ccccc4)cc3)nc(-c3ccc4c(c3)C3(c5c-4ccc4ccccc54)C4CC5CC(C4)CC3C5)n2)cc1. The minimum Gasteiger partial charge on any atom is -0.208 e. The Morgan fingerprint density at radius 3 is 1.69 bits per heavy atom. The third kappa shape index (κ3) is 4.38. The molecule has 1 aromatic heterocycles. The second-order valence-electron chi connectivity index (χ2n) is 15.4. The first-order valence-electron chi connectivity index (χ1n) is 18.5. The number of halogens is 1. The maximum atomic E-state index is 14.1. The molecule has 0 radical (unpaired) electrons. The fraction of sp³-hybridized carbons (Fsp3) is 0.213. The van der Waals surface area contributed by atoms with Crippen molar-refractivity contribution < 1.29 is 4.39 Å². The minimum absolute atomic E-state index is 0.00211. The zero-order valence-corrected chi connectivity index (χ0v) is 28.3. The summed E-state index contributed by atoms with van der Waals surface area (Å²) in [5, 5.41) is 2.75. The first-order valence-corrected chi connectivity index (χ1v) is 18.5. The van der Waals surface area contributed by atoms with Gasteiger partial charge in [0.25, 0.3) is 0 Å². The molecule has 246 valence electrons. The summed E-state index contributed by atoms with van der Waals surface area (Å²) in [5.74, 6) is 4.52. The molecule has 5 aliphatic rings. The Bertz CT molecular complexity index is 2460. The van der Waals surface area contributed by atoms with Crippen molar-refractivity contribution in [1.29, 1.82) is 0 Å². The third-order valence-electron chi connectivity index (χ3n) is 12.8. The van der Waals surface area contributed by atoms with Crippen molar-refractivity contribution in [2.24, 2.45) is 23.7 Å². The van der Waals surface area contributed by atoms with Crippen LogP contribution in [0.25, 0.3) is 67.2 Å². The van der Waals surface area contributed by atoms with Gasteiger partial charge in [0, 0.05) is 22.1 Å². The smallest absolute Gasteiger partial charge is 0.164 e. The molecule has 4 fully saturated rings. The van der Waals surface area contributed by atoms with Crippen LogP contribution in [0.2, 0.25) is 0 Å². The molecule has 0 amide bonds. The molecule has 4 saturated carbocycles. The molecule has 0 saturated heterocycles. The van der Waals surface area contributed by atoms with Crippen LogP contribution in [0.15, 0.2) is 133 Å². The molecule has 7 aromatic rings. The average molecular weight is 662 g/mol. The Kier molecular flexibility index (Phi) is 6.32. The van der Waals surface area contributed by atoms with Gasteiger partial charge in [-0.05, 0) is 130 Å². The van der Waals surface area contributed by atoms with Gasteiger partial charge in [0.2, 0.25) is 0 Å².